The molecular weight excluding hydrogens is 266 g/mol. The summed E-state index contributed by atoms with van der Waals surface area (Å²) in [4.78, 5) is 1.38. The lowest BCUT2D eigenvalue weighted by atomic mass is 9.87. The molecule has 3 rings (SSSR count). The van der Waals surface area contributed by atoms with Gasteiger partial charge in [0, 0.05) is 16.8 Å². The SMILES string of the molecule is CCNC(c1csc(C)c1)C1COc2ccccc2C1. The van der Waals surface area contributed by atoms with Gasteiger partial charge in [-0.2, -0.15) is 0 Å². The fourth-order valence-electron chi connectivity index (χ4n) is 2.97. The first kappa shape index (κ1) is 13.7. The van der Waals surface area contributed by atoms with Crippen molar-refractivity contribution in [2.45, 2.75) is 26.3 Å². The van der Waals surface area contributed by atoms with Gasteiger partial charge in [0.25, 0.3) is 0 Å². The number of nitrogens with one attached hydrogen (secondary N) is 1. The third kappa shape index (κ3) is 2.74. The van der Waals surface area contributed by atoms with Gasteiger partial charge in [-0.1, -0.05) is 25.1 Å². The van der Waals surface area contributed by atoms with Crippen LogP contribution in [0.2, 0.25) is 0 Å². The van der Waals surface area contributed by atoms with Crippen LogP contribution in [0.5, 0.6) is 5.75 Å². The van der Waals surface area contributed by atoms with Gasteiger partial charge in [-0.25, -0.2) is 0 Å². The lowest BCUT2D eigenvalue weighted by Crippen LogP contribution is -2.35. The number of hydrogen-bond donors (Lipinski definition) is 1. The minimum absolute atomic E-state index is 0.387. The summed E-state index contributed by atoms with van der Waals surface area (Å²) in [5.41, 5.74) is 2.74. The van der Waals surface area contributed by atoms with E-state index < -0.39 is 0 Å². The lowest BCUT2D eigenvalue weighted by molar-refractivity contribution is 0.185. The number of aryl methyl sites for hydroxylation is 1. The van der Waals surface area contributed by atoms with Gasteiger partial charge >= 0.3 is 0 Å². The summed E-state index contributed by atoms with van der Waals surface area (Å²) in [6.07, 6.45) is 1.09. The Kier molecular flexibility index (Phi) is 4.08. The normalized spacial score (nSPS) is 19.2. The van der Waals surface area contributed by atoms with Crippen LogP contribution in [0.3, 0.4) is 0 Å². The number of ether oxygens (including phenoxy) is 1. The maximum atomic E-state index is 5.96. The lowest BCUT2D eigenvalue weighted by Gasteiger charge is -2.32. The second-order valence-electron chi connectivity index (χ2n) is 5.41. The first-order chi connectivity index (χ1) is 9.78. The van der Waals surface area contributed by atoms with Crippen molar-refractivity contribution in [2.24, 2.45) is 5.92 Å². The Morgan fingerprint density at radius 3 is 3.00 bits per heavy atom. The molecule has 1 aliphatic rings. The van der Waals surface area contributed by atoms with E-state index in [0.29, 0.717) is 12.0 Å². The third-order valence-electron chi connectivity index (χ3n) is 3.91. The van der Waals surface area contributed by atoms with Crippen LogP contribution in [-0.4, -0.2) is 13.2 Å². The van der Waals surface area contributed by atoms with Gasteiger partial charge in [0.2, 0.25) is 0 Å². The van der Waals surface area contributed by atoms with Gasteiger partial charge in [0.15, 0.2) is 0 Å². The summed E-state index contributed by atoms with van der Waals surface area (Å²) in [5.74, 6) is 1.55. The van der Waals surface area contributed by atoms with Crippen molar-refractivity contribution < 1.29 is 4.74 Å². The van der Waals surface area contributed by atoms with Crippen molar-refractivity contribution in [1.29, 1.82) is 0 Å². The summed E-state index contributed by atoms with van der Waals surface area (Å²) < 4.78 is 5.96. The molecule has 106 valence electrons. The van der Waals surface area contributed by atoms with Gasteiger partial charge in [-0.05, 0) is 48.5 Å². The Labute approximate surface area is 124 Å². The number of benzene rings is 1. The molecule has 1 aromatic carbocycles. The molecule has 0 fully saturated rings. The van der Waals surface area contributed by atoms with Gasteiger partial charge in [0.05, 0.1) is 6.61 Å². The van der Waals surface area contributed by atoms with Crippen molar-refractivity contribution in [2.75, 3.05) is 13.2 Å². The van der Waals surface area contributed by atoms with E-state index in [1.165, 1.54) is 16.0 Å². The van der Waals surface area contributed by atoms with Crippen LogP contribution in [-0.2, 0) is 6.42 Å². The van der Waals surface area contributed by atoms with Crippen LogP contribution in [0.1, 0.15) is 29.0 Å². The molecule has 0 spiro atoms. The molecule has 0 saturated carbocycles. The van der Waals surface area contributed by atoms with Gasteiger partial charge in [-0.3, -0.25) is 0 Å². The molecule has 1 aromatic heterocycles. The van der Waals surface area contributed by atoms with Crippen molar-refractivity contribution in [3.63, 3.8) is 0 Å². The minimum Gasteiger partial charge on any atom is -0.493 e. The fourth-order valence-corrected chi connectivity index (χ4v) is 3.71. The molecule has 2 aromatic rings. The smallest absolute Gasteiger partial charge is 0.122 e. The van der Waals surface area contributed by atoms with E-state index in [-0.39, 0.29) is 0 Å². The highest BCUT2D eigenvalue weighted by Crippen LogP contribution is 2.34. The molecule has 0 radical (unpaired) electrons. The molecule has 2 heterocycles. The Bertz CT molecular complexity index is 578. The van der Waals surface area contributed by atoms with E-state index in [0.717, 1.165) is 25.3 Å². The monoisotopic (exact) mass is 287 g/mol. The van der Waals surface area contributed by atoms with Crippen molar-refractivity contribution in [3.05, 3.63) is 51.7 Å². The van der Waals surface area contributed by atoms with Crippen LogP contribution in [0, 0.1) is 12.8 Å². The first-order valence-electron chi connectivity index (χ1n) is 7.27. The quantitative estimate of drug-likeness (QED) is 0.919. The highest BCUT2D eigenvalue weighted by Gasteiger charge is 2.28. The Morgan fingerprint density at radius 1 is 1.40 bits per heavy atom. The Hall–Kier alpha value is -1.32. The van der Waals surface area contributed by atoms with Crippen LogP contribution in [0.4, 0.5) is 0 Å². The van der Waals surface area contributed by atoms with Gasteiger partial charge in [-0.15, -0.1) is 11.3 Å². The van der Waals surface area contributed by atoms with Crippen LogP contribution in [0.25, 0.3) is 0 Å². The Morgan fingerprint density at radius 2 is 2.25 bits per heavy atom. The number of rotatable bonds is 4. The Balaban J connectivity index is 1.83. The first-order valence-corrected chi connectivity index (χ1v) is 8.15. The number of para-hydroxylation sites is 1. The van der Waals surface area contributed by atoms with E-state index in [1.807, 2.05) is 17.4 Å². The molecule has 0 amide bonds. The fraction of sp³-hybridized carbons (Fsp3) is 0.412. The van der Waals surface area contributed by atoms with Gasteiger partial charge in [0.1, 0.15) is 5.75 Å². The summed E-state index contributed by atoms with van der Waals surface area (Å²) in [6, 6.07) is 11.1. The molecule has 0 saturated heterocycles. The molecule has 0 bridgehead atoms. The summed E-state index contributed by atoms with van der Waals surface area (Å²) in [6.45, 7) is 6.12. The predicted molar refractivity (Wildman–Crippen MR) is 84.6 cm³/mol. The number of fused-ring (bicyclic) bond motifs is 1. The molecule has 0 aliphatic carbocycles. The topological polar surface area (TPSA) is 21.3 Å². The number of hydrogen-bond acceptors (Lipinski definition) is 3. The highest BCUT2D eigenvalue weighted by atomic mass is 32.1. The maximum absolute atomic E-state index is 5.96. The second kappa shape index (κ2) is 5.98. The van der Waals surface area contributed by atoms with Crippen molar-refractivity contribution in [3.8, 4) is 5.75 Å². The molecule has 1 aliphatic heterocycles. The zero-order chi connectivity index (χ0) is 13.9. The highest BCUT2D eigenvalue weighted by molar-refractivity contribution is 7.10. The van der Waals surface area contributed by atoms with Gasteiger partial charge < -0.3 is 10.1 Å². The second-order valence-corrected chi connectivity index (χ2v) is 6.52. The summed E-state index contributed by atoms with van der Waals surface area (Å²) in [7, 11) is 0. The standard InChI is InChI=1S/C17H21NOS/c1-3-18-17(15-8-12(2)20-11-15)14-9-13-6-4-5-7-16(13)19-10-14/h4-8,11,14,17-18H,3,9-10H2,1-2H3. The van der Waals surface area contributed by atoms with E-state index in [4.69, 9.17) is 4.74 Å². The average molecular weight is 287 g/mol. The van der Waals surface area contributed by atoms with E-state index in [2.05, 4.69) is 48.8 Å². The zero-order valence-corrected chi connectivity index (χ0v) is 12.9. The average Bonchev–Trinajstić information content (AvgIpc) is 2.90. The van der Waals surface area contributed by atoms with E-state index in [1.54, 1.807) is 0 Å². The molecule has 20 heavy (non-hydrogen) atoms. The van der Waals surface area contributed by atoms with Crippen LogP contribution < -0.4 is 10.1 Å². The number of thiophene rings is 1. The molecule has 2 unspecified atom stereocenters. The zero-order valence-electron chi connectivity index (χ0n) is 12.1. The minimum atomic E-state index is 0.387. The molecular formula is C17H21NOS. The van der Waals surface area contributed by atoms with E-state index in [9.17, 15) is 0 Å². The predicted octanol–water partition coefficient (Wildman–Crippen LogP) is 3.96. The molecule has 2 nitrogen and oxygen atoms in total. The summed E-state index contributed by atoms with van der Waals surface area (Å²) >= 11 is 1.83. The largest absolute Gasteiger partial charge is 0.493 e. The van der Waals surface area contributed by atoms with E-state index >= 15 is 0 Å². The van der Waals surface area contributed by atoms with Crippen LogP contribution >= 0.6 is 11.3 Å². The summed E-state index contributed by atoms with van der Waals surface area (Å²) in [5, 5.41) is 5.92. The molecule has 1 N–H and O–H groups in total. The molecule has 2 atom stereocenters. The third-order valence-corrected chi connectivity index (χ3v) is 4.79. The van der Waals surface area contributed by atoms with Crippen LogP contribution in [0.15, 0.2) is 35.7 Å². The maximum Gasteiger partial charge on any atom is 0.122 e. The molecule has 3 heteroatoms. The van der Waals surface area contributed by atoms with Crippen molar-refractivity contribution >= 4 is 11.3 Å². The van der Waals surface area contributed by atoms with Crippen molar-refractivity contribution in [1.82, 2.24) is 5.32 Å².